The van der Waals surface area contributed by atoms with Gasteiger partial charge in [0.15, 0.2) is 0 Å². The van der Waals surface area contributed by atoms with Crippen LogP contribution >= 0.6 is 0 Å². The highest BCUT2D eigenvalue weighted by atomic mass is 32.2. The second-order valence-electron chi connectivity index (χ2n) is 2.32. The molecule has 5 nitrogen and oxygen atoms in total. The number of primary sulfonamides is 1. The fraction of sp³-hybridized carbons (Fsp3) is 0.400. The topological polar surface area (TPSA) is 78.0 Å². The SMILES string of the molecule is Cc1cn(C)c(S(N)(=O)=O)n1. The van der Waals surface area contributed by atoms with E-state index in [9.17, 15) is 8.42 Å². The standard InChI is InChI=1S/C5H9N3O2S/c1-4-3-8(2)5(7-4)11(6,9)10/h3H,1-2H3,(H2,6,9,10). The normalized spacial score (nSPS) is 11.9. The molecule has 2 N–H and O–H groups in total. The molecule has 1 aromatic heterocycles. The molecule has 1 aromatic rings. The lowest BCUT2D eigenvalue weighted by atomic mass is 10.6. The van der Waals surface area contributed by atoms with Crippen molar-refractivity contribution >= 4 is 10.0 Å². The average molecular weight is 175 g/mol. The zero-order chi connectivity index (χ0) is 8.65. The lowest BCUT2D eigenvalue weighted by molar-refractivity contribution is 0.580. The van der Waals surface area contributed by atoms with Crippen LogP contribution in [0.2, 0.25) is 0 Å². The molecule has 0 bridgehead atoms. The molecular formula is C5H9N3O2S. The summed E-state index contributed by atoms with van der Waals surface area (Å²) in [7, 11) is -2.08. The van der Waals surface area contributed by atoms with Crippen LogP contribution in [-0.4, -0.2) is 18.0 Å². The highest BCUT2D eigenvalue weighted by molar-refractivity contribution is 7.89. The number of imidazole rings is 1. The van der Waals surface area contributed by atoms with Crippen LogP contribution in [0.5, 0.6) is 0 Å². The monoisotopic (exact) mass is 175 g/mol. The van der Waals surface area contributed by atoms with Crippen LogP contribution < -0.4 is 5.14 Å². The molecule has 1 heterocycles. The summed E-state index contributed by atoms with van der Waals surface area (Å²) in [5.41, 5.74) is 0.636. The molecule has 0 radical (unpaired) electrons. The van der Waals surface area contributed by atoms with Crippen molar-refractivity contribution in [2.24, 2.45) is 12.2 Å². The van der Waals surface area contributed by atoms with Crippen molar-refractivity contribution in [3.05, 3.63) is 11.9 Å². The van der Waals surface area contributed by atoms with Gasteiger partial charge in [0.2, 0.25) is 5.16 Å². The quantitative estimate of drug-likeness (QED) is 0.617. The summed E-state index contributed by atoms with van der Waals surface area (Å²) in [5.74, 6) is 0. The van der Waals surface area contributed by atoms with E-state index in [-0.39, 0.29) is 5.16 Å². The third kappa shape index (κ3) is 1.58. The van der Waals surface area contributed by atoms with Crippen LogP contribution in [0.1, 0.15) is 5.69 Å². The summed E-state index contributed by atoms with van der Waals surface area (Å²) in [6, 6.07) is 0. The van der Waals surface area contributed by atoms with Gasteiger partial charge in [0.25, 0.3) is 10.0 Å². The first-order valence-electron chi connectivity index (χ1n) is 2.94. The molecule has 0 amide bonds. The van der Waals surface area contributed by atoms with E-state index in [2.05, 4.69) is 4.98 Å². The van der Waals surface area contributed by atoms with Crippen molar-refractivity contribution in [1.82, 2.24) is 9.55 Å². The molecule has 0 fully saturated rings. The van der Waals surface area contributed by atoms with E-state index in [1.165, 1.54) is 4.57 Å². The molecule has 0 atom stereocenters. The molecule has 6 heteroatoms. The van der Waals surface area contributed by atoms with E-state index < -0.39 is 10.0 Å². The van der Waals surface area contributed by atoms with Gasteiger partial charge in [-0.2, -0.15) is 0 Å². The Morgan fingerprint density at radius 3 is 2.36 bits per heavy atom. The molecule has 1 rings (SSSR count). The number of nitrogens with two attached hydrogens (primary N) is 1. The van der Waals surface area contributed by atoms with E-state index in [1.54, 1.807) is 20.2 Å². The number of hydrogen-bond acceptors (Lipinski definition) is 3. The molecule has 0 saturated carbocycles. The van der Waals surface area contributed by atoms with Crippen LogP contribution in [0.3, 0.4) is 0 Å². The van der Waals surface area contributed by atoms with Gasteiger partial charge >= 0.3 is 0 Å². The summed E-state index contributed by atoms with van der Waals surface area (Å²) in [5, 5.41) is 4.76. The second kappa shape index (κ2) is 2.31. The smallest absolute Gasteiger partial charge is 0.272 e. The predicted molar refractivity (Wildman–Crippen MR) is 39.3 cm³/mol. The maximum atomic E-state index is 10.8. The van der Waals surface area contributed by atoms with Crippen molar-refractivity contribution in [3.8, 4) is 0 Å². The third-order valence-corrected chi connectivity index (χ3v) is 2.10. The molecular weight excluding hydrogens is 166 g/mol. The summed E-state index contributed by atoms with van der Waals surface area (Å²) >= 11 is 0. The number of rotatable bonds is 1. The maximum Gasteiger partial charge on any atom is 0.272 e. The number of nitrogens with zero attached hydrogens (tertiary/aromatic N) is 2. The molecule has 0 aromatic carbocycles. The van der Waals surface area contributed by atoms with Crippen molar-refractivity contribution in [2.75, 3.05) is 0 Å². The van der Waals surface area contributed by atoms with Crippen LogP contribution in [0.25, 0.3) is 0 Å². The summed E-state index contributed by atoms with van der Waals surface area (Å²) in [6.45, 7) is 1.70. The Bertz CT molecular complexity index is 365. The summed E-state index contributed by atoms with van der Waals surface area (Å²) in [4.78, 5) is 3.73. The van der Waals surface area contributed by atoms with Crippen LogP contribution in [0, 0.1) is 6.92 Å². The third-order valence-electron chi connectivity index (χ3n) is 1.21. The van der Waals surface area contributed by atoms with Crippen molar-refractivity contribution < 1.29 is 8.42 Å². The van der Waals surface area contributed by atoms with Gasteiger partial charge in [-0.1, -0.05) is 0 Å². The Hall–Kier alpha value is -0.880. The molecule has 11 heavy (non-hydrogen) atoms. The largest absolute Gasteiger partial charge is 0.324 e. The summed E-state index contributed by atoms with van der Waals surface area (Å²) in [6.07, 6.45) is 1.60. The minimum absolute atomic E-state index is 0.102. The Kier molecular flexibility index (Phi) is 1.73. The first-order chi connectivity index (χ1) is 4.91. The zero-order valence-electron chi connectivity index (χ0n) is 6.27. The van der Waals surface area contributed by atoms with Crippen molar-refractivity contribution in [3.63, 3.8) is 0 Å². The molecule has 0 spiro atoms. The minimum Gasteiger partial charge on any atom is -0.324 e. The predicted octanol–water partition coefficient (Wildman–Crippen LogP) is -0.624. The van der Waals surface area contributed by atoms with Gasteiger partial charge in [-0.25, -0.2) is 18.5 Å². The van der Waals surface area contributed by atoms with Crippen LogP contribution in [0.15, 0.2) is 11.4 Å². The molecule has 0 unspecified atom stereocenters. The Balaban J connectivity index is 3.36. The Labute approximate surface area is 64.9 Å². The summed E-state index contributed by atoms with van der Waals surface area (Å²) < 4.78 is 22.9. The molecule has 0 aliphatic rings. The van der Waals surface area contributed by atoms with E-state index in [4.69, 9.17) is 5.14 Å². The van der Waals surface area contributed by atoms with Gasteiger partial charge in [-0.15, -0.1) is 0 Å². The first kappa shape index (κ1) is 8.22. The van der Waals surface area contributed by atoms with Crippen LogP contribution in [0.4, 0.5) is 0 Å². The average Bonchev–Trinajstić information content (AvgIpc) is 2.08. The lowest BCUT2D eigenvalue weighted by Gasteiger charge is -1.94. The van der Waals surface area contributed by atoms with Gasteiger partial charge in [0, 0.05) is 13.2 Å². The molecule has 0 saturated heterocycles. The van der Waals surface area contributed by atoms with Gasteiger partial charge < -0.3 is 4.57 Å². The molecule has 0 aliphatic heterocycles. The number of aromatic nitrogens is 2. The van der Waals surface area contributed by atoms with Crippen LogP contribution in [-0.2, 0) is 17.1 Å². The van der Waals surface area contributed by atoms with E-state index >= 15 is 0 Å². The van der Waals surface area contributed by atoms with E-state index in [0.717, 1.165) is 0 Å². The highest BCUT2D eigenvalue weighted by Crippen LogP contribution is 2.03. The minimum atomic E-state index is -3.66. The first-order valence-corrected chi connectivity index (χ1v) is 4.48. The second-order valence-corrected chi connectivity index (χ2v) is 3.78. The highest BCUT2D eigenvalue weighted by Gasteiger charge is 2.13. The fourth-order valence-corrected chi connectivity index (χ4v) is 1.58. The van der Waals surface area contributed by atoms with Crippen molar-refractivity contribution in [2.45, 2.75) is 12.1 Å². The van der Waals surface area contributed by atoms with Crippen molar-refractivity contribution in [1.29, 1.82) is 0 Å². The number of hydrogen-bond donors (Lipinski definition) is 1. The molecule has 0 aliphatic carbocycles. The van der Waals surface area contributed by atoms with E-state index in [1.807, 2.05) is 0 Å². The lowest BCUT2D eigenvalue weighted by Crippen LogP contribution is -2.16. The maximum absolute atomic E-state index is 10.8. The van der Waals surface area contributed by atoms with Gasteiger partial charge in [-0.05, 0) is 6.92 Å². The fourth-order valence-electron chi connectivity index (χ4n) is 0.858. The number of aryl methyl sites for hydroxylation is 2. The number of sulfonamides is 1. The van der Waals surface area contributed by atoms with E-state index in [0.29, 0.717) is 5.69 Å². The van der Waals surface area contributed by atoms with Gasteiger partial charge in [0.05, 0.1) is 5.69 Å². The Morgan fingerprint density at radius 1 is 1.64 bits per heavy atom. The molecule has 62 valence electrons. The Morgan fingerprint density at radius 2 is 2.18 bits per heavy atom. The van der Waals surface area contributed by atoms with Gasteiger partial charge in [0.1, 0.15) is 0 Å². The zero-order valence-corrected chi connectivity index (χ0v) is 7.09. The van der Waals surface area contributed by atoms with Gasteiger partial charge in [-0.3, -0.25) is 0 Å².